The van der Waals surface area contributed by atoms with Gasteiger partial charge in [0.05, 0.1) is 18.2 Å². The Kier molecular flexibility index (Phi) is 8.31. The summed E-state index contributed by atoms with van der Waals surface area (Å²) < 4.78 is 38.6. The summed E-state index contributed by atoms with van der Waals surface area (Å²) in [6.45, 7) is 6.87. The summed E-state index contributed by atoms with van der Waals surface area (Å²) in [5.41, 5.74) is 0.788. The second-order valence-corrected chi connectivity index (χ2v) is 9.63. The molecule has 2 aliphatic rings. The second-order valence-electron chi connectivity index (χ2n) is 8.31. The molecule has 0 aliphatic carbocycles. The Morgan fingerprint density at radius 2 is 2.03 bits per heavy atom. The van der Waals surface area contributed by atoms with Crippen molar-refractivity contribution in [2.24, 2.45) is 0 Å². The SMILES string of the molecule is COCCn1nccc1C(=O)N1CCCC2(CCN2Cc2cnc(C)s2)C1.O=C(O)C(F)(F)F. The predicted molar refractivity (Wildman–Crippen MR) is 118 cm³/mol. The average molecular weight is 504 g/mol. The summed E-state index contributed by atoms with van der Waals surface area (Å²) in [5.74, 6) is -2.67. The smallest absolute Gasteiger partial charge is 0.475 e. The third-order valence-corrected chi connectivity index (χ3v) is 6.96. The fourth-order valence-electron chi connectivity index (χ4n) is 4.28. The van der Waals surface area contributed by atoms with Crippen molar-refractivity contribution in [1.29, 1.82) is 0 Å². The number of halogens is 3. The van der Waals surface area contributed by atoms with Gasteiger partial charge in [-0.25, -0.2) is 9.78 Å². The molecule has 2 fully saturated rings. The van der Waals surface area contributed by atoms with Crippen LogP contribution in [0.3, 0.4) is 0 Å². The number of thiazole rings is 1. The highest BCUT2D eigenvalue weighted by atomic mass is 32.1. The fourth-order valence-corrected chi connectivity index (χ4v) is 5.09. The Balaban J connectivity index is 0.000000406. The number of aliphatic carboxylic acids is 1. The number of carboxylic acid groups (broad SMARTS) is 1. The van der Waals surface area contributed by atoms with E-state index in [0.717, 1.165) is 50.4 Å². The van der Waals surface area contributed by atoms with Crippen molar-refractivity contribution in [2.75, 3.05) is 33.4 Å². The van der Waals surface area contributed by atoms with E-state index < -0.39 is 12.1 Å². The summed E-state index contributed by atoms with van der Waals surface area (Å²) in [5, 5.41) is 12.5. The van der Waals surface area contributed by atoms with E-state index in [1.807, 2.05) is 24.1 Å². The maximum atomic E-state index is 13.1. The van der Waals surface area contributed by atoms with Gasteiger partial charge in [-0.3, -0.25) is 14.4 Å². The lowest BCUT2D eigenvalue weighted by Gasteiger charge is -2.57. The van der Waals surface area contributed by atoms with E-state index in [9.17, 15) is 18.0 Å². The standard InChI is InChI=1S/C19H27N5O2S.C2HF3O2/c1-15-20-12-16(27-15)13-23-9-6-19(23)5-3-8-22(14-19)18(25)17-4-7-21-24(17)10-11-26-2;3-2(4,5)1(6)7/h4,7,12H,3,5-6,8-11,13-14H2,1-2H3;(H,6,7). The van der Waals surface area contributed by atoms with Crippen molar-refractivity contribution >= 4 is 23.2 Å². The zero-order valence-electron chi connectivity index (χ0n) is 19.0. The van der Waals surface area contributed by atoms with Gasteiger partial charge in [0.1, 0.15) is 5.69 Å². The first-order valence-corrected chi connectivity index (χ1v) is 11.6. The third kappa shape index (κ3) is 6.13. The Bertz CT molecular complexity index is 995. The Hall–Kier alpha value is -2.51. The molecule has 188 valence electrons. The minimum absolute atomic E-state index is 0.0863. The lowest BCUT2D eigenvalue weighted by molar-refractivity contribution is -0.192. The summed E-state index contributed by atoms with van der Waals surface area (Å²) in [6.07, 6.45) is 1.99. The molecule has 9 nitrogen and oxygen atoms in total. The number of piperidine rings is 1. The van der Waals surface area contributed by atoms with Crippen molar-refractivity contribution in [2.45, 2.75) is 51.0 Å². The highest BCUT2D eigenvalue weighted by Crippen LogP contribution is 2.40. The van der Waals surface area contributed by atoms with Crippen molar-refractivity contribution in [3.63, 3.8) is 0 Å². The Morgan fingerprint density at radius 3 is 2.59 bits per heavy atom. The molecule has 2 aromatic heterocycles. The van der Waals surface area contributed by atoms with Crippen LogP contribution in [0, 0.1) is 6.92 Å². The van der Waals surface area contributed by atoms with Crippen LogP contribution in [0.5, 0.6) is 0 Å². The zero-order valence-corrected chi connectivity index (χ0v) is 19.9. The molecule has 0 radical (unpaired) electrons. The summed E-state index contributed by atoms with van der Waals surface area (Å²) in [6, 6.07) is 1.82. The van der Waals surface area contributed by atoms with E-state index in [1.165, 1.54) is 4.88 Å². The fraction of sp³-hybridized carbons (Fsp3) is 0.619. The molecule has 1 N–H and O–H groups in total. The first-order chi connectivity index (χ1) is 16.1. The van der Waals surface area contributed by atoms with Crippen molar-refractivity contribution in [1.82, 2.24) is 24.6 Å². The number of aryl methyl sites for hydroxylation is 1. The molecule has 4 rings (SSSR count). The van der Waals surface area contributed by atoms with Gasteiger partial charge in [-0.15, -0.1) is 11.3 Å². The van der Waals surface area contributed by atoms with Crippen LogP contribution in [-0.4, -0.2) is 86.6 Å². The van der Waals surface area contributed by atoms with Gasteiger partial charge < -0.3 is 14.7 Å². The van der Waals surface area contributed by atoms with Crippen LogP contribution in [-0.2, 0) is 22.6 Å². The lowest BCUT2D eigenvalue weighted by Crippen LogP contribution is -2.67. The van der Waals surface area contributed by atoms with Gasteiger partial charge in [-0.2, -0.15) is 18.3 Å². The molecule has 0 aromatic carbocycles. The lowest BCUT2D eigenvalue weighted by atomic mass is 9.77. The average Bonchev–Trinajstić information content (AvgIpc) is 3.43. The van der Waals surface area contributed by atoms with E-state index in [4.69, 9.17) is 14.6 Å². The van der Waals surface area contributed by atoms with E-state index in [1.54, 1.807) is 29.3 Å². The highest BCUT2D eigenvalue weighted by molar-refractivity contribution is 7.11. The first kappa shape index (κ1) is 26.1. The number of nitrogens with zero attached hydrogens (tertiary/aromatic N) is 5. The van der Waals surface area contributed by atoms with Crippen molar-refractivity contribution < 1.29 is 32.6 Å². The monoisotopic (exact) mass is 503 g/mol. The van der Waals surface area contributed by atoms with Crippen LogP contribution >= 0.6 is 11.3 Å². The summed E-state index contributed by atoms with van der Waals surface area (Å²) >= 11 is 1.77. The quantitative estimate of drug-likeness (QED) is 0.647. The summed E-state index contributed by atoms with van der Waals surface area (Å²) in [4.78, 5) is 32.3. The van der Waals surface area contributed by atoms with Gasteiger partial charge in [-0.05, 0) is 32.3 Å². The molecule has 2 aliphatic heterocycles. The molecule has 0 saturated carbocycles. The Labute approximate surface area is 199 Å². The van der Waals surface area contributed by atoms with Gasteiger partial charge >= 0.3 is 12.1 Å². The van der Waals surface area contributed by atoms with Gasteiger partial charge in [0.2, 0.25) is 0 Å². The normalized spacial score (nSPS) is 20.6. The van der Waals surface area contributed by atoms with E-state index in [-0.39, 0.29) is 11.4 Å². The van der Waals surface area contributed by atoms with Crippen LogP contribution in [0.2, 0.25) is 0 Å². The van der Waals surface area contributed by atoms with Crippen LogP contribution in [0.25, 0.3) is 0 Å². The van der Waals surface area contributed by atoms with Gasteiger partial charge in [-0.1, -0.05) is 0 Å². The van der Waals surface area contributed by atoms with E-state index >= 15 is 0 Å². The number of carboxylic acids is 1. The minimum Gasteiger partial charge on any atom is -0.475 e. The highest BCUT2D eigenvalue weighted by Gasteiger charge is 2.48. The zero-order chi connectivity index (χ0) is 24.9. The van der Waals surface area contributed by atoms with Crippen LogP contribution in [0.15, 0.2) is 18.5 Å². The Morgan fingerprint density at radius 1 is 1.29 bits per heavy atom. The third-order valence-electron chi connectivity index (χ3n) is 6.06. The van der Waals surface area contributed by atoms with E-state index in [0.29, 0.717) is 18.8 Å². The molecular weight excluding hydrogens is 475 g/mol. The molecule has 0 bridgehead atoms. The van der Waals surface area contributed by atoms with Crippen molar-refractivity contribution in [3.05, 3.63) is 34.0 Å². The number of aromatic nitrogens is 3. The molecule has 1 spiro atoms. The van der Waals surface area contributed by atoms with Crippen LogP contribution in [0.4, 0.5) is 13.2 Å². The van der Waals surface area contributed by atoms with Crippen LogP contribution < -0.4 is 0 Å². The molecule has 34 heavy (non-hydrogen) atoms. The summed E-state index contributed by atoms with van der Waals surface area (Å²) in [7, 11) is 1.66. The number of methoxy groups -OCH3 is 1. The number of likely N-dealkylation sites (tertiary alicyclic amines) is 2. The molecule has 4 heterocycles. The number of hydrogen-bond acceptors (Lipinski definition) is 7. The second kappa shape index (κ2) is 10.8. The van der Waals surface area contributed by atoms with Gasteiger partial charge in [0.15, 0.2) is 0 Å². The van der Waals surface area contributed by atoms with Gasteiger partial charge in [0.25, 0.3) is 5.91 Å². The molecule has 1 amide bonds. The molecule has 2 saturated heterocycles. The maximum absolute atomic E-state index is 13.1. The molecule has 13 heteroatoms. The minimum atomic E-state index is -5.08. The number of ether oxygens (including phenoxy) is 1. The van der Waals surface area contributed by atoms with Crippen molar-refractivity contribution in [3.8, 4) is 0 Å². The van der Waals surface area contributed by atoms with Crippen LogP contribution in [0.1, 0.15) is 39.6 Å². The largest absolute Gasteiger partial charge is 0.490 e. The molecule has 2 aromatic rings. The van der Waals surface area contributed by atoms with Gasteiger partial charge in [0, 0.05) is 56.1 Å². The number of carbonyl (C=O) groups is 2. The maximum Gasteiger partial charge on any atom is 0.490 e. The predicted octanol–water partition coefficient (Wildman–Crippen LogP) is 2.81. The van der Waals surface area contributed by atoms with E-state index in [2.05, 4.69) is 15.0 Å². The number of amides is 1. The number of carbonyl (C=O) groups excluding carboxylic acids is 1. The molecule has 1 unspecified atom stereocenters. The number of alkyl halides is 3. The number of rotatable bonds is 6. The molecule has 1 atom stereocenters. The number of hydrogen-bond donors (Lipinski definition) is 1. The topological polar surface area (TPSA) is 101 Å². The molecular formula is C21H28F3N5O4S. The first-order valence-electron chi connectivity index (χ1n) is 10.8.